The molecular weight excluding hydrogens is 296 g/mol. The quantitative estimate of drug-likeness (QED) is 0.787. The summed E-state index contributed by atoms with van der Waals surface area (Å²) in [4.78, 5) is 19.9. The van der Waals surface area contributed by atoms with E-state index in [1.54, 1.807) is 0 Å². The average Bonchev–Trinajstić information content (AvgIpc) is 2.95. The summed E-state index contributed by atoms with van der Waals surface area (Å²) in [6, 6.07) is 8.91. The van der Waals surface area contributed by atoms with Gasteiger partial charge in [0.25, 0.3) is 0 Å². The Morgan fingerprint density at radius 2 is 2.27 bits per heavy atom. The topological polar surface area (TPSA) is 41.9 Å². The lowest BCUT2D eigenvalue weighted by Crippen LogP contribution is -2.40. The summed E-state index contributed by atoms with van der Waals surface area (Å²) in [5.41, 5.74) is 5.56. The highest BCUT2D eigenvalue weighted by atomic mass is 32.2. The highest BCUT2D eigenvalue weighted by Crippen LogP contribution is 2.44. The van der Waals surface area contributed by atoms with Crippen LogP contribution in [0.2, 0.25) is 0 Å². The van der Waals surface area contributed by atoms with E-state index in [4.69, 9.17) is 4.84 Å². The van der Waals surface area contributed by atoms with Gasteiger partial charge >= 0.3 is 0 Å². The van der Waals surface area contributed by atoms with E-state index < -0.39 is 0 Å². The molecule has 0 fully saturated rings. The van der Waals surface area contributed by atoms with E-state index in [1.165, 1.54) is 22.9 Å². The Hall–Kier alpha value is -1.75. The number of carbonyl (C=O) groups is 1. The molecule has 0 amide bonds. The van der Waals surface area contributed by atoms with E-state index in [-0.39, 0.29) is 11.2 Å². The molecule has 4 rings (SSSR count). The summed E-state index contributed by atoms with van der Waals surface area (Å²) in [5.74, 6) is 0.762. The summed E-state index contributed by atoms with van der Waals surface area (Å²) in [6.07, 6.45) is 1.79. The standard InChI is InChI=1S/C17H18N2O2S/c1-2-21-18-13-9-14-12-6-4-3-5-11(12)7-8-19(14)15-10-22-17(20)16(13)15/h3-6,14H,2,7-10H2,1H3/b18-13+/t14-/m1/s1. The fourth-order valence-corrected chi connectivity index (χ4v) is 4.57. The molecule has 22 heavy (non-hydrogen) atoms. The molecule has 0 unspecified atom stereocenters. The van der Waals surface area contributed by atoms with Gasteiger partial charge in [-0.25, -0.2) is 0 Å². The minimum atomic E-state index is 0.144. The Labute approximate surface area is 134 Å². The molecule has 0 aromatic heterocycles. The Morgan fingerprint density at radius 1 is 1.41 bits per heavy atom. The van der Waals surface area contributed by atoms with Crippen LogP contribution in [0.25, 0.3) is 0 Å². The number of hydrogen-bond donors (Lipinski definition) is 0. The maximum atomic E-state index is 12.2. The molecule has 1 aromatic carbocycles. The Kier molecular flexibility index (Phi) is 3.45. The van der Waals surface area contributed by atoms with E-state index in [1.807, 2.05) is 6.92 Å². The molecule has 0 saturated heterocycles. The zero-order valence-electron chi connectivity index (χ0n) is 12.5. The summed E-state index contributed by atoms with van der Waals surface area (Å²) in [7, 11) is 0. The summed E-state index contributed by atoms with van der Waals surface area (Å²) >= 11 is 1.39. The van der Waals surface area contributed by atoms with Crippen LogP contribution in [-0.4, -0.2) is 34.6 Å². The fourth-order valence-electron chi connectivity index (χ4n) is 3.61. The molecule has 3 heterocycles. The monoisotopic (exact) mass is 314 g/mol. The molecule has 0 N–H and O–H groups in total. The highest BCUT2D eigenvalue weighted by Gasteiger charge is 2.42. The van der Waals surface area contributed by atoms with Crippen LogP contribution < -0.4 is 0 Å². The summed E-state index contributed by atoms with van der Waals surface area (Å²) in [5, 5.41) is 4.40. The lowest BCUT2D eigenvalue weighted by atomic mass is 9.84. The first-order valence-corrected chi connectivity index (χ1v) is 8.72. The molecule has 0 aliphatic carbocycles. The van der Waals surface area contributed by atoms with Crippen LogP contribution in [-0.2, 0) is 16.1 Å². The number of fused-ring (bicyclic) bond motifs is 4. The van der Waals surface area contributed by atoms with Gasteiger partial charge in [-0.15, -0.1) is 0 Å². The third kappa shape index (κ3) is 2.07. The van der Waals surface area contributed by atoms with Crippen molar-refractivity contribution in [2.75, 3.05) is 18.9 Å². The van der Waals surface area contributed by atoms with Crippen LogP contribution in [0.4, 0.5) is 0 Å². The van der Waals surface area contributed by atoms with Crippen LogP contribution in [0, 0.1) is 0 Å². The molecule has 1 aromatic rings. The van der Waals surface area contributed by atoms with Crippen LogP contribution in [0.15, 0.2) is 40.7 Å². The van der Waals surface area contributed by atoms with Gasteiger partial charge in [-0.05, 0) is 24.5 Å². The zero-order chi connectivity index (χ0) is 15.1. The lowest BCUT2D eigenvalue weighted by Gasteiger charge is -2.42. The number of carbonyl (C=O) groups excluding carboxylic acids is 1. The predicted molar refractivity (Wildman–Crippen MR) is 87.8 cm³/mol. The van der Waals surface area contributed by atoms with E-state index in [9.17, 15) is 4.79 Å². The average molecular weight is 314 g/mol. The van der Waals surface area contributed by atoms with Gasteiger partial charge in [0.1, 0.15) is 6.61 Å². The van der Waals surface area contributed by atoms with Gasteiger partial charge in [-0.1, -0.05) is 41.2 Å². The third-order valence-corrected chi connectivity index (χ3v) is 5.45. The first-order chi connectivity index (χ1) is 10.8. The molecule has 0 spiro atoms. The molecule has 0 saturated carbocycles. The largest absolute Gasteiger partial charge is 0.396 e. The number of hydrogen-bond acceptors (Lipinski definition) is 5. The Morgan fingerprint density at radius 3 is 3.14 bits per heavy atom. The minimum absolute atomic E-state index is 0.144. The van der Waals surface area contributed by atoms with Crippen LogP contribution in [0.3, 0.4) is 0 Å². The molecule has 0 radical (unpaired) electrons. The first kappa shape index (κ1) is 13.9. The Bertz CT molecular complexity index is 696. The van der Waals surface area contributed by atoms with Gasteiger partial charge in [-0.2, -0.15) is 0 Å². The maximum absolute atomic E-state index is 12.2. The van der Waals surface area contributed by atoms with E-state index >= 15 is 0 Å². The highest BCUT2D eigenvalue weighted by molar-refractivity contribution is 8.14. The second-order valence-corrected chi connectivity index (χ2v) is 6.66. The molecule has 5 heteroatoms. The van der Waals surface area contributed by atoms with E-state index in [0.29, 0.717) is 6.61 Å². The van der Waals surface area contributed by atoms with Crippen molar-refractivity contribution in [2.24, 2.45) is 5.16 Å². The third-order valence-electron chi connectivity index (χ3n) is 4.57. The molecule has 114 valence electrons. The van der Waals surface area contributed by atoms with Crippen molar-refractivity contribution in [2.45, 2.75) is 25.8 Å². The van der Waals surface area contributed by atoms with E-state index in [0.717, 1.165) is 42.1 Å². The van der Waals surface area contributed by atoms with Crippen LogP contribution in [0.5, 0.6) is 0 Å². The molecular formula is C17H18N2O2S. The number of oxime groups is 1. The predicted octanol–water partition coefficient (Wildman–Crippen LogP) is 2.91. The van der Waals surface area contributed by atoms with Crippen molar-refractivity contribution < 1.29 is 9.63 Å². The number of nitrogens with zero attached hydrogens (tertiary/aromatic N) is 2. The van der Waals surface area contributed by atoms with Crippen molar-refractivity contribution in [1.29, 1.82) is 0 Å². The van der Waals surface area contributed by atoms with E-state index in [2.05, 4.69) is 34.3 Å². The first-order valence-electron chi connectivity index (χ1n) is 7.73. The van der Waals surface area contributed by atoms with Gasteiger partial charge in [-0.3, -0.25) is 4.79 Å². The van der Waals surface area contributed by atoms with Crippen molar-refractivity contribution in [3.63, 3.8) is 0 Å². The van der Waals surface area contributed by atoms with Crippen LogP contribution in [0.1, 0.15) is 30.5 Å². The minimum Gasteiger partial charge on any atom is -0.396 e. The Balaban J connectivity index is 1.80. The van der Waals surface area contributed by atoms with Gasteiger partial charge in [0, 0.05) is 24.4 Å². The molecule has 4 nitrogen and oxygen atoms in total. The maximum Gasteiger partial charge on any atom is 0.223 e. The second kappa shape index (κ2) is 5.47. The molecule has 0 bridgehead atoms. The van der Waals surface area contributed by atoms with Crippen molar-refractivity contribution in [1.82, 2.24) is 4.90 Å². The van der Waals surface area contributed by atoms with Gasteiger partial charge < -0.3 is 9.74 Å². The number of benzene rings is 1. The van der Waals surface area contributed by atoms with Crippen molar-refractivity contribution in [3.8, 4) is 0 Å². The number of rotatable bonds is 2. The normalized spacial score (nSPS) is 25.1. The molecule has 1 atom stereocenters. The van der Waals surface area contributed by atoms with Crippen LogP contribution >= 0.6 is 11.8 Å². The lowest BCUT2D eigenvalue weighted by molar-refractivity contribution is -0.107. The van der Waals surface area contributed by atoms with Gasteiger partial charge in [0.15, 0.2) is 0 Å². The number of thioether (sulfide) groups is 1. The van der Waals surface area contributed by atoms with Gasteiger partial charge in [0.05, 0.1) is 17.3 Å². The smallest absolute Gasteiger partial charge is 0.223 e. The second-order valence-electron chi connectivity index (χ2n) is 5.72. The zero-order valence-corrected chi connectivity index (χ0v) is 13.4. The summed E-state index contributed by atoms with van der Waals surface area (Å²) < 4.78 is 0. The molecule has 3 aliphatic heterocycles. The van der Waals surface area contributed by atoms with Crippen molar-refractivity contribution >= 4 is 22.6 Å². The molecule has 3 aliphatic rings. The van der Waals surface area contributed by atoms with Gasteiger partial charge in [0.2, 0.25) is 5.12 Å². The van der Waals surface area contributed by atoms with Crippen molar-refractivity contribution in [3.05, 3.63) is 46.7 Å². The summed E-state index contributed by atoms with van der Waals surface area (Å²) in [6.45, 7) is 3.42. The SMILES string of the molecule is CCO/N=C1\C[C@@H]2c3ccccc3CCN2C2=C1C(=O)SC2. The fraction of sp³-hybridized carbons (Fsp3) is 0.412.